The second-order valence-corrected chi connectivity index (χ2v) is 17.9. The van der Waals surface area contributed by atoms with E-state index in [2.05, 4.69) is 21.4 Å². The van der Waals surface area contributed by atoms with E-state index in [0.29, 0.717) is 51.6 Å². The number of Topliss-reactive ketones (excluding diaryl/α,β-unsaturated/α-hetero) is 1. The predicted molar refractivity (Wildman–Crippen MR) is 238 cm³/mol. The summed E-state index contributed by atoms with van der Waals surface area (Å²) >= 11 is 13.4. The van der Waals surface area contributed by atoms with Gasteiger partial charge in [-0.1, -0.05) is 59.6 Å². The van der Waals surface area contributed by atoms with Gasteiger partial charge in [0.15, 0.2) is 15.6 Å². The first kappa shape index (κ1) is 48.3. The van der Waals surface area contributed by atoms with Crippen molar-refractivity contribution in [3.8, 4) is 40.5 Å². The monoisotopic (exact) mass is 918 g/mol. The van der Waals surface area contributed by atoms with E-state index >= 15 is 0 Å². The number of rotatable bonds is 23. The van der Waals surface area contributed by atoms with Gasteiger partial charge < -0.3 is 34.5 Å². The first-order chi connectivity index (χ1) is 30.0. The molecule has 14 nitrogen and oxygen atoms in total. The molecule has 0 unspecified atom stereocenters. The molecule has 63 heavy (non-hydrogen) atoms. The van der Waals surface area contributed by atoms with Gasteiger partial charge in [0.05, 0.1) is 36.8 Å². The number of carbonyl (C=O) groups is 2. The summed E-state index contributed by atoms with van der Waals surface area (Å²) in [7, 11) is -1.91. The molecule has 5 aromatic rings. The normalized spacial score (nSPS) is 11.7. The van der Waals surface area contributed by atoms with E-state index in [0.717, 1.165) is 39.6 Å². The van der Waals surface area contributed by atoms with Crippen LogP contribution in [0.4, 0.5) is 0 Å². The second-order valence-electron chi connectivity index (χ2n) is 14.9. The summed E-state index contributed by atoms with van der Waals surface area (Å²) in [5, 5.41) is 32.0. The van der Waals surface area contributed by atoms with Gasteiger partial charge >= 0.3 is 5.97 Å². The fourth-order valence-corrected chi connectivity index (χ4v) is 7.93. The van der Waals surface area contributed by atoms with Crippen molar-refractivity contribution in [3.63, 3.8) is 0 Å². The smallest absolute Gasteiger partial charge is 0.305 e. The average Bonchev–Trinajstić information content (AvgIpc) is 3.22. The SMILES string of the molecule is COc1cc(OCc2cccc(-c3cccc(COc4nc(OCc5cncc(C#N)c5)c(CCC[C@@H](O)CC(=O)O)cc4Cl)c3C)c2C)c(Cl)cc1CNCC(=O)CS(C)(=O)=O. The van der Waals surface area contributed by atoms with Gasteiger partial charge in [0.25, 0.3) is 0 Å². The standard InChI is InChI=1S/C46H48Cl2N4O10S/c1-28-33(25-60-43-18-42(59-3)35(16-40(43)47)22-51-23-37(54)27-63(4,57)58)9-6-12-38(28)39-13-7-10-34(29(39)2)26-62-46-41(48)15-32(8-5-11-36(53)17-44(55)56)45(52-46)61-24-31-14-30(19-49)20-50-21-31/h6-7,9-10,12-16,18,20-21,36,51,53H,5,8,11,17,22-27H2,1-4H3,(H,55,56)/t36-/m1/s1. The van der Waals surface area contributed by atoms with E-state index in [9.17, 15) is 28.4 Å². The maximum atomic E-state index is 12.0. The highest BCUT2D eigenvalue weighted by Gasteiger charge is 2.19. The predicted octanol–water partition coefficient (Wildman–Crippen LogP) is 7.55. The molecule has 0 aliphatic heterocycles. The molecule has 0 aliphatic rings. The number of aromatic nitrogens is 2. The number of carboxylic acids is 1. The number of aryl methyl sites for hydroxylation is 1. The Balaban J connectivity index is 1.29. The minimum absolute atomic E-state index is 0.0584. The van der Waals surface area contributed by atoms with E-state index < -0.39 is 33.4 Å². The summed E-state index contributed by atoms with van der Waals surface area (Å²) in [6, 6.07) is 20.7. The van der Waals surface area contributed by atoms with Crippen molar-refractivity contribution in [2.45, 2.75) is 72.0 Å². The summed E-state index contributed by atoms with van der Waals surface area (Å²) in [6.45, 7) is 4.52. The van der Waals surface area contributed by atoms with Crippen molar-refractivity contribution < 1.29 is 47.2 Å². The van der Waals surface area contributed by atoms with Crippen LogP contribution in [0.1, 0.15) is 63.8 Å². The molecule has 2 aromatic heterocycles. The van der Waals surface area contributed by atoms with Crippen LogP contribution >= 0.6 is 23.2 Å². The highest BCUT2D eigenvalue weighted by Crippen LogP contribution is 2.36. The molecular weight excluding hydrogens is 871 g/mol. The van der Waals surface area contributed by atoms with Crippen LogP contribution in [0.25, 0.3) is 11.1 Å². The number of ether oxygens (including phenoxy) is 4. The number of pyridine rings is 2. The van der Waals surface area contributed by atoms with E-state index in [4.69, 9.17) is 47.3 Å². The van der Waals surface area contributed by atoms with Crippen LogP contribution in [0.5, 0.6) is 23.3 Å². The Bertz CT molecular complexity index is 2600. The Morgan fingerprint density at radius 2 is 1.51 bits per heavy atom. The summed E-state index contributed by atoms with van der Waals surface area (Å²) in [5.74, 6) is -0.789. The first-order valence-corrected chi connectivity index (χ1v) is 22.6. The average molecular weight is 920 g/mol. The Kier molecular flexibility index (Phi) is 17.3. The number of nitrogens with one attached hydrogen (secondary N) is 1. The van der Waals surface area contributed by atoms with E-state index in [1.807, 2.05) is 50.2 Å². The van der Waals surface area contributed by atoms with Crippen molar-refractivity contribution in [1.82, 2.24) is 15.3 Å². The molecule has 0 bridgehead atoms. The van der Waals surface area contributed by atoms with Gasteiger partial charge in [-0.3, -0.25) is 14.6 Å². The van der Waals surface area contributed by atoms with Gasteiger partial charge in [-0.2, -0.15) is 10.2 Å². The molecule has 0 saturated carbocycles. The molecule has 1 atom stereocenters. The van der Waals surface area contributed by atoms with Crippen LogP contribution in [-0.4, -0.2) is 72.1 Å². The van der Waals surface area contributed by atoms with Crippen molar-refractivity contribution in [3.05, 3.63) is 128 Å². The lowest BCUT2D eigenvalue weighted by Gasteiger charge is -2.18. The van der Waals surface area contributed by atoms with E-state index in [1.54, 1.807) is 30.5 Å². The Hall–Kier alpha value is -5.76. The minimum Gasteiger partial charge on any atom is -0.496 e. The first-order valence-electron chi connectivity index (χ1n) is 19.8. The minimum atomic E-state index is -3.42. The van der Waals surface area contributed by atoms with E-state index in [1.165, 1.54) is 13.3 Å². The maximum absolute atomic E-state index is 12.0. The quantitative estimate of drug-likeness (QED) is 0.0579. The summed E-state index contributed by atoms with van der Waals surface area (Å²) < 4.78 is 47.0. The Labute approximate surface area is 376 Å². The molecule has 5 rings (SSSR count). The third-order valence-corrected chi connectivity index (χ3v) is 11.4. The number of sulfone groups is 1. The number of methoxy groups -OCH3 is 1. The highest BCUT2D eigenvalue weighted by molar-refractivity contribution is 7.91. The number of hydrogen-bond donors (Lipinski definition) is 3. The third-order valence-electron chi connectivity index (χ3n) is 10.0. The van der Waals surface area contributed by atoms with Gasteiger partial charge in [0.1, 0.15) is 48.2 Å². The highest BCUT2D eigenvalue weighted by atomic mass is 35.5. The fraction of sp³-hybridized carbons (Fsp3) is 0.326. The topological polar surface area (TPSA) is 207 Å². The number of hydrogen-bond acceptors (Lipinski definition) is 13. The summed E-state index contributed by atoms with van der Waals surface area (Å²) in [4.78, 5) is 31.8. The summed E-state index contributed by atoms with van der Waals surface area (Å²) in [5.41, 5.74) is 8.10. The van der Waals surface area contributed by atoms with Gasteiger partial charge in [-0.25, -0.2) is 8.42 Å². The van der Waals surface area contributed by atoms with Crippen LogP contribution in [0.15, 0.2) is 73.1 Å². The number of ketones is 1. The van der Waals surface area contributed by atoms with E-state index in [-0.39, 0.29) is 62.5 Å². The van der Waals surface area contributed by atoms with Crippen LogP contribution in [0.2, 0.25) is 10.0 Å². The van der Waals surface area contributed by atoms with Gasteiger partial charge in [0, 0.05) is 48.0 Å². The molecule has 332 valence electrons. The number of carbonyl (C=O) groups excluding carboxylic acids is 1. The number of aliphatic hydroxyl groups excluding tert-OH is 1. The molecule has 17 heteroatoms. The molecule has 0 aliphatic carbocycles. The molecular formula is C46H48Cl2N4O10S. The molecule has 0 spiro atoms. The molecule has 0 fully saturated rings. The fourth-order valence-electron chi connectivity index (χ4n) is 6.77. The molecule has 0 radical (unpaired) electrons. The number of halogens is 2. The van der Waals surface area contributed by atoms with Crippen molar-refractivity contribution in [1.29, 1.82) is 5.26 Å². The molecule has 0 saturated heterocycles. The van der Waals surface area contributed by atoms with Gasteiger partial charge in [-0.15, -0.1) is 0 Å². The lowest BCUT2D eigenvalue weighted by atomic mass is 9.92. The number of aliphatic hydroxyl groups is 1. The van der Waals surface area contributed by atoms with Crippen LogP contribution in [0, 0.1) is 25.2 Å². The van der Waals surface area contributed by atoms with Crippen molar-refractivity contribution in [2.24, 2.45) is 0 Å². The zero-order chi connectivity index (χ0) is 45.7. The zero-order valence-electron chi connectivity index (χ0n) is 35.2. The zero-order valence-corrected chi connectivity index (χ0v) is 37.6. The second kappa shape index (κ2) is 22.5. The number of carboxylic acid groups (broad SMARTS) is 1. The number of aliphatic carboxylic acids is 1. The van der Waals surface area contributed by atoms with Crippen molar-refractivity contribution >= 4 is 44.8 Å². The molecule has 2 heterocycles. The molecule has 3 aromatic carbocycles. The van der Waals surface area contributed by atoms with Gasteiger partial charge in [-0.05, 0) is 84.7 Å². The van der Waals surface area contributed by atoms with Gasteiger partial charge in [0.2, 0.25) is 11.8 Å². The number of nitrogens with zero attached hydrogens (tertiary/aromatic N) is 3. The lowest BCUT2D eigenvalue weighted by Crippen LogP contribution is -2.27. The molecule has 0 amide bonds. The van der Waals surface area contributed by atoms with Crippen LogP contribution in [0.3, 0.4) is 0 Å². The summed E-state index contributed by atoms with van der Waals surface area (Å²) in [6.07, 6.45) is 3.80. The number of benzene rings is 3. The largest absolute Gasteiger partial charge is 0.496 e. The molecule has 3 N–H and O–H groups in total. The van der Waals surface area contributed by atoms with Crippen LogP contribution < -0.4 is 24.3 Å². The lowest BCUT2D eigenvalue weighted by molar-refractivity contribution is -0.139. The maximum Gasteiger partial charge on any atom is 0.305 e. The van der Waals surface area contributed by atoms with Crippen LogP contribution in [-0.2, 0) is 52.2 Å². The van der Waals surface area contributed by atoms with Crippen molar-refractivity contribution in [2.75, 3.05) is 25.7 Å². The Morgan fingerprint density at radius 3 is 2.14 bits per heavy atom. The third kappa shape index (κ3) is 14.1. The Morgan fingerprint density at radius 1 is 0.857 bits per heavy atom. The number of nitriles is 1.